The van der Waals surface area contributed by atoms with E-state index in [0.29, 0.717) is 0 Å². The Labute approximate surface area is 310 Å². The molecule has 2 heteroatoms. The molecule has 0 aliphatic heterocycles. The van der Waals surface area contributed by atoms with Crippen LogP contribution in [0.3, 0.4) is 0 Å². The summed E-state index contributed by atoms with van der Waals surface area (Å²) < 4.78 is 13.3. The van der Waals surface area contributed by atoms with Crippen molar-refractivity contribution in [2.24, 2.45) is 0 Å². The zero-order chi connectivity index (χ0) is 35.3. The molecule has 0 aliphatic carbocycles. The lowest BCUT2D eigenvalue weighted by Gasteiger charge is -2.18. The largest absolute Gasteiger partial charge is 0.455 e. The second-order valence-electron chi connectivity index (χ2n) is 14.3. The van der Waals surface area contributed by atoms with Crippen LogP contribution in [0.25, 0.3) is 120 Å². The zero-order valence-corrected chi connectivity index (χ0v) is 29.1. The number of fused-ring (bicyclic) bond motifs is 11. The third-order valence-corrected chi connectivity index (χ3v) is 11.4. The van der Waals surface area contributed by atoms with E-state index in [2.05, 4.69) is 170 Å². The third-order valence-electron chi connectivity index (χ3n) is 11.4. The van der Waals surface area contributed by atoms with E-state index in [1.54, 1.807) is 0 Å². The Morgan fingerprint density at radius 2 is 0.796 bits per heavy atom. The Bertz CT molecular complexity index is 3430. The van der Waals surface area contributed by atoms with Crippen LogP contribution in [0.15, 0.2) is 191 Å². The number of para-hydroxylation sites is 1. The standard InChI is InChI=1S/C52H30O2/c1-2-12-31(13-3-1)47-39-17-6-8-19-41(39)48(42-20-9-7-18-40(42)47)35-24-22-33-29-36(25-23-32(33)28-35)49-37-15-5-4-14-34(37)30-44-50-46(54-52(44)49)27-26-43-38-16-10-11-21-45(38)53-51(43)50/h1-30H. The molecular formula is C52H30O2. The summed E-state index contributed by atoms with van der Waals surface area (Å²) in [5.41, 5.74) is 10.7. The Kier molecular flexibility index (Phi) is 6.09. The maximum atomic E-state index is 6.80. The first-order valence-corrected chi connectivity index (χ1v) is 18.5. The average Bonchev–Trinajstić information content (AvgIpc) is 3.80. The highest BCUT2D eigenvalue weighted by molar-refractivity contribution is 6.27. The third kappa shape index (κ3) is 4.17. The summed E-state index contributed by atoms with van der Waals surface area (Å²) in [7, 11) is 0. The van der Waals surface area contributed by atoms with Crippen LogP contribution >= 0.6 is 0 Å². The van der Waals surface area contributed by atoms with Gasteiger partial charge in [-0.05, 0) is 107 Å². The number of hydrogen-bond donors (Lipinski definition) is 0. The van der Waals surface area contributed by atoms with Gasteiger partial charge in [-0.15, -0.1) is 0 Å². The lowest BCUT2D eigenvalue weighted by atomic mass is 9.85. The first-order chi connectivity index (χ1) is 26.8. The number of hydrogen-bond acceptors (Lipinski definition) is 2. The number of rotatable bonds is 3. The molecular weight excluding hydrogens is 657 g/mol. The van der Waals surface area contributed by atoms with E-state index in [0.717, 1.165) is 60.4 Å². The van der Waals surface area contributed by atoms with Gasteiger partial charge in [0.05, 0.1) is 5.39 Å². The van der Waals surface area contributed by atoms with E-state index in [-0.39, 0.29) is 0 Å². The molecule has 12 rings (SSSR count). The Balaban J connectivity index is 1.08. The van der Waals surface area contributed by atoms with Crippen molar-refractivity contribution in [2.45, 2.75) is 0 Å². The van der Waals surface area contributed by atoms with E-state index in [1.165, 1.54) is 60.0 Å². The van der Waals surface area contributed by atoms with Gasteiger partial charge in [0.1, 0.15) is 22.3 Å². The first kappa shape index (κ1) is 29.4. The number of benzene rings is 10. The van der Waals surface area contributed by atoms with Crippen LogP contribution < -0.4 is 0 Å². The van der Waals surface area contributed by atoms with E-state index in [9.17, 15) is 0 Å². The maximum Gasteiger partial charge on any atom is 0.147 e. The van der Waals surface area contributed by atoms with E-state index in [4.69, 9.17) is 8.83 Å². The molecule has 2 heterocycles. The minimum absolute atomic E-state index is 0.830. The highest BCUT2D eigenvalue weighted by Gasteiger charge is 2.21. The van der Waals surface area contributed by atoms with Gasteiger partial charge >= 0.3 is 0 Å². The van der Waals surface area contributed by atoms with Gasteiger partial charge in [-0.3, -0.25) is 0 Å². The van der Waals surface area contributed by atoms with E-state index >= 15 is 0 Å². The van der Waals surface area contributed by atoms with Crippen LogP contribution in [-0.2, 0) is 0 Å². The molecule has 12 aromatic rings. The predicted octanol–water partition coefficient (Wildman–Crippen LogP) is 15.1. The first-order valence-electron chi connectivity index (χ1n) is 18.5. The Morgan fingerprint density at radius 3 is 1.48 bits per heavy atom. The molecule has 2 aromatic heterocycles. The van der Waals surface area contributed by atoms with Crippen molar-refractivity contribution in [1.29, 1.82) is 0 Å². The van der Waals surface area contributed by atoms with Crippen LogP contribution in [-0.4, -0.2) is 0 Å². The Morgan fingerprint density at radius 1 is 0.259 bits per heavy atom. The molecule has 54 heavy (non-hydrogen) atoms. The molecule has 0 amide bonds. The van der Waals surface area contributed by atoms with Gasteiger partial charge in [-0.1, -0.05) is 146 Å². The second-order valence-corrected chi connectivity index (χ2v) is 14.3. The molecule has 250 valence electrons. The lowest BCUT2D eigenvalue weighted by molar-refractivity contribution is 0.663. The summed E-state index contributed by atoms with van der Waals surface area (Å²) in [5, 5.41) is 14.1. The monoisotopic (exact) mass is 686 g/mol. The van der Waals surface area contributed by atoms with Crippen LogP contribution in [0.5, 0.6) is 0 Å². The molecule has 0 unspecified atom stereocenters. The van der Waals surface area contributed by atoms with E-state index < -0.39 is 0 Å². The average molecular weight is 687 g/mol. The quantitative estimate of drug-likeness (QED) is 0.173. The normalized spacial score (nSPS) is 12.1. The van der Waals surface area contributed by atoms with Gasteiger partial charge < -0.3 is 8.83 Å². The van der Waals surface area contributed by atoms with E-state index in [1.807, 2.05) is 12.1 Å². The molecule has 0 bridgehead atoms. The van der Waals surface area contributed by atoms with Gasteiger partial charge in [0.15, 0.2) is 0 Å². The summed E-state index contributed by atoms with van der Waals surface area (Å²) in [6.45, 7) is 0. The van der Waals surface area contributed by atoms with Crippen LogP contribution in [0.2, 0.25) is 0 Å². The fourth-order valence-electron chi connectivity index (χ4n) is 9.04. The van der Waals surface area contributed by atoms with Crippen molar-refractivity contribution in [3.05, 3.63) is 182 Å². The molecule has 0 N–H and O–H groups in total. The van der Waals surface area contributed by atoms with Crippen LogP contribution in [0.1, 0.15) is 0 Å². The molecule has 0 radical (unpaired) electrons. The van der Waals surface area contributed by atoms with Crippen molar-refractivity contribution in [1.82, 2.24) is 0 Å². The van der Waals surface area contributed by atoms with Gasteiger partial charge in [-0.2, -0.15) is 0 Å². The molecule has 10 aromatic carbocycles. The Hall–Kier alpha value is -7.16. The summed E-state index contributed by atoms with van der Waals surface area (Å²) in [4.78, 5) is 0. The molecule has 0 atom stereocenters. The molecule has 0 spiro atoms. The topological polar surface area (TPSA) is 26.3 Å². The van der Waals surface area contributed by atoms with Gasteiger partial charge in [-0.25, -0.2) is 0 Å². The van der Waals surface area contributed by atoms with Gasteiger partial charge in [0, 0.05) is 21.7 Å². The highest BCUT2D eigenvalue weighted by Crippen LogP contribution is 2.47. The molecule has 2 nitrogen and oxygen atoms in total. The molecule has 0 saturated carbocycles. The summed E-state index contributed by atoms with van der Waals surface area (Å²) in [5.74, 6) is 0. The van der Waals surface area contributed by atoms with Crippen molar-refractivity contribution >= 4 is 87.0 Å². The molecule has 0 fully saturated rings. The maximum absolute atomic E-state index is 6.80. The zero-order valence-electron chi connectivity index (χ0n) is 29.1. The minimum atomic E-state index is 0.830. The summed E-state index contributed by atoms with van der Waals surface area (Å²) in [6, 6.07) is 65.6. The number of furan rings is 2. The predicted molar refractivity (Wildman–Crippen MR) is 227 cm³/mol. The van der Waals surface area contributed by atoms with Crippen molar-refractivity contribution in [3.63, 3.8) is 0 Å². The van der Waals surface area contributed by atoms with Crippen LogP contribution in [0, 0.1) is 0 Å². The highest BCUT2D eigenvalue weighted by atomic mass is 16.3. The SMILES string of the molecule is c1ccc(-c2c3ccccc3c(-c3ccc4cc(-c5c6ccccc6cc6c5oc5ccc7c8ccccc8oc7c56)ccc4c3)c3ccccc23)cc1. The summed E-state index contributed by atoms with van der Waals surface area (Å²) in [6.07, 6.45) is 0. The lowest BCUT2D eigenvalue weighted by Crippen LogP contribution is -1.91. The fourth-order valence-corrected chi connectivity index (χ4v) is 9.04. The summed E-state index contributed by atoms with van der Waals surface area (Å²) >= 11 is 0. The fraction of sp³-hybridized carbons (Fsp3) is 0. The van der Waals surface area contributed by atoms with Gasteiger partial charge in [0.25, 0.3) is 0 Å². The van der Waals surface area contributed by atoms with Crippen molar-refractivity contribution in [3.8, 4) is 33.4 Å². The molecule has 0 saturated heterocycles. The van der Waals surface area contributed by atoms with Gasteiger partial charge in [0.2, 0.25) is 0 Å². The molecule has 0 aliphatic rings. The minimum Gasteiger partial charge on any atom is -0.455 e. The van der Waals surface area contributed by atoms with Crippen LogP contribution in [0.4, 0.5) is 0 Å². The second kappa shape index (κ2) is 11.2. The van der Waals surface area contributed by atoms with Crippen molar-refractivity contribution < 1.29 is 8.83 Å². The smallest absolute Gasteiger partial charge is 0.147 e. The van der Waals surface area contributed by atoms with Crippen molar-refractivity contribution in [2.75, 3.05) is 0 Å².